The van der Waals surface area contributed by atoms with Gasteiger partial charge in [0, 0.05) is 13.1 Å². The monoisotopic (exact) mass is 260 g/mol. The van der Waals surface area contributed by atoms with Crippen molar-refractivity contribution in [3.63, 3.8) is 0 Å². The maximum atomic E-state index is 11.9. The van der Waals surface area contributed by atoms with Gasteiger partial charge in [0.1, 0.15) is 0 Å². The quantitative estimate of drug-likeness (QED) is 0.750. The lowest BCUT2D eigenvalue weighted by atomic mass is 10.4. The summed E-state index contributed by atoms with van der Waals surface area (Å²) in [7, 11) is -2.33. The Morgan fingerprint density at radius 2 is 2.24 bits per heavy atom. The zero-order valence-corrected chi connectivity index (χ0v) is 10.8. The number of amides is 1. The van der Waals surface area contributed by atoms with E-state index in [-0.39, 0.29) is 23.5 Å². The summed E-state index contributed by atoms with van der Waals surface area (Å²) in [5.74, 6) is -0.342. The van der Waals surface area contributed by atoms with Gasteiger partial charge in [0.2, 0.25) is 5.91 Å². The van der Waals surface area contributed by atoms with Gasteiger partial charge in [0.15, 0.2) is 5.03 Å². The van der Waals surface area contributed by atoms with Crippen molar-refractivity contribution in [2.45, 2.75) is 24.9 Å². The Morgan fingerprint density at radius 1 is 1.59 bits per heavy atom. The van der Waals surface area contributed by atoms with Gasteiger partial charge in [-0.3, -0.25) is 4.79 Å². The molecule has 8 heteroatoms. The SMILES string of the molecule is CC(C)NC(=O)CN(C)S(=O)(=O)c1cnc[nH]1. The third-order valence-electron chi connectivity index (χ3n) is 1.98. The van der Waals surface area contributed by atoms with Gasteiger partial charge < -0.3 is 10.3 Å². The van der Waals surface area contributed by atoms with Crippen LogP contribution in [0.2, 0.25) is 0 Å². The summed E-state index contributed by atoms with van der Waals surface area (Å²) in [6, 6.07) is -0.0224. The molecule has 0 bridgehead atoms. The number of aromatic nitrogens is 2. The molecule has 96 valence electrons. The molecule has 0 saturated carbocycles. The molecule has 0 aliphatic rings. The average molecular weight is 260 g/mol. The third kappa shape index (κ3) is 3.53. The Bertz CT molecular complexity index is 466. The molecule has 0 spiro atoms. The number of hydrogen-bond acceptors (Lipinski definition) is 4. The van der Waals surface area contributed by atoms with Crippen molar-refractivity contribution in [3.8, 4) is 0 Å². The number of carbonyl (C=O) groups excluding carboxylic acids is 1. The van der Waals surface area contributed by atoms with Crippen LogP contribution in [0.3, 0.4) is 0 Å². The van der Waals surface area contributed by atoms with Crippen molar-refractivity contribution in [2.24, 2.45) is 0 Å². The zero-order valence-electron chi connectivity index (χ0n) is 9.97. The number of sulfonamides is 1. The van der Waals surface area contributed by atoms with Crippen molar-refractivity contribution in [1.29, 1.82) is 0 Å². The number of H-pyrrole nitrogens is 1. The van der Waals surface area contributed by atoms with Gasteiger partial charge in [-0.05, 0) is 13.8 Å². The summed E-state index contributed by atoms with van der Waals surface area (Å²) in [5, 5.41) is 2.59. The maximum Gasteiger partial charge on any atom is 0.260 e. The van der Waals surface area contributed by atoms with E-state index in [1.807, 2.05) is 0 Å². The fraction of sp³-hybridized carbons (Fsp3) is 0.556. The van der Waals surface area contributed by atoms with Crippen LogP contribution in [0.1, 0.15) is 13.8 Å². The first-order valence-corrected chi connectivity index (χ1v) is 6.52. The minimum Gasteiger partial charge on any atom is -0.353 e. The molecule has 1 aromatic rings. The van der Waals surface area contributed by atoms with E-state index in [4.69, 9.17) is 0 Å². The van der Waals surface area contributed by atoms with Gasteiger partial charge >= 0.3 is 0 Å². The molecule has 7 nitrogen and oxygen atoms in total. The highest BCUT2D eigenvalue weighted by Crippen LogP contribution is 2.09. The number of nitrogens with zero attached hydrogens (tertiary/aromatic N) is 2. The largest absolute Gasteiger partial charge is 0.353 e. The molecular formula is C9H16N4O3S. The van der Waals surface area contributed by atoms with E-state index in [2.05, 4.69) is 15.3 Å². The smallest absolute Gasteiger partial charge is 0.260 e. The molecule has 0 atom stereocenters. The van der Waals surface area contributed by atoms with Crippen molar-refractivity contribution >= 4 is 15.9 Å². The number of likely N-dealkylation sites (N-methyl/N-ethyl adjacent to an activating group) is 1. The van der Waals surface area contributed by atoms with E-state index in [0.717, 1.165) is 4.31 Å². The molecule has 1 heterocycles. The first-order chi connectivity index (χ1) is 7.84. The Morgan fingerprint density at radius 3 is 2.71 bits per heavy atom. The van der Waals surface area contributed by atoms with E-state index in [1.165, 1.54) is 19.6 Å². The molecule has 1 rings (SSSR count). The molecule has 17 heavy (non-hydrogen) atoms. The topological polar surface area (TPSA) is 95.2 Å². The summed E-state index contributed by atoms with van der Waals surface area (Å²) < 4.78 is 24.7. The molecule has 0 radical (unpaired) electrons. The number of nitrogens with one attached hydrogen (secondary N) is 2. The molecule has 1 aromatic heterocycles. The second-order valence-corrected chi connectivity index (χ2v) is 5.91. The Kier molecular flexibility index (Phi) is 4.24. The molecule has 2 N–H and O–H groups in total. The van der Waals surface area contributed by atoms with E-state index in [9.17, 15) is 13.2 Å². The van der Waals surface area contributed by atoms with Crippen LogP contribution in [0.4, 0.5) is 0 Å². The highest BCUT2D eigenvalue weighted by Gasteiger charge is 2.24. The predicted molar refractivity (Wildman–Crippen MR) is 61.7 cm³/mol. The highest BCUT2D eigenvalue weighted by atomic mass is 32.2. The third-order valence-corrected chi connectivity index (χ3v) is 3.71. The van der Waals surface area contributed by atoms with Crippen LogP contribution in [0.5, 0.6) is 0 Å². The normalized spacial score (nSPS) is 12.1. The first kappa shape index (κ1) is 13.7. The average Bonchev–Trinajstić information content (AvgIpc) is 2.68. The second kappa shape index (κ2) is 5.28. The Balaban J connectivity index is 2.71. The lowest BCUT2D eigenvalue weighted by molar-refractivity contribution is -0.121. The summed E-state index contributed by atoms with van der Waals surface area (Å²) in [6.45, 7) is 3.39. The van der Waals surface area contributed by atoms with Crippen LogP contribution in [-0.4, -0.2) is 48.2 Å². The number of aromatic amines is 1. The van der Waals surface area contributed by atoms with Crippen LogP contribution < -0.4 is 5.32 Å². The van der Waals surface area contributed by atoms with Crippen molar-refractivity contribution in [1.82, 2.24) is 19.6 Å². The van der Waals surface area contributed by atoms with Gasteiger partial charge in [-0.15, -0.1) is 0 Å². The summed E-state index contributed by atoms with van der Waals surface area (Å²) in [5.41, 5.74) is 0. The lowest BCUT2D eigenvalue weighted by Gasteiger charge is -2.16. The number of hydrogen-bond donors (Lipinski definition) is 2. The van der Waals surface area contributed by atoms with E-state index in [0.29, 0.717) is 0 Å². The van der Waals surface area contributed by atoms with Crippen molar-refractivity contribution in [3.05, 3.63) is 12.5 Å². The van der Waals surface area contributed by atoms with Crippen LogP contribution in [-0.2, 0) is 14.8 Å². The minimum absolute atomic E-state index is 0.0224. The summed E-state index contributed by atoms with van der Waals surface area (Å²) in [6.07, 6.45) is 2.47. The van der Waals surface area contributed by atoms with Gasteiger partial charge in [-0.25, -0.2) is 13.4 Å². The molecule has 0 aliphatic heterocycles. The molecule has 0 aliphatic carbocycles. The Labute approximate surface area is 100 Å². The van der Waals surface area contributed by atoms with Crippen molar-refractivity contribution in [2.75, 3.05) is 13.6 Å². The standard InChI is InChI=1S/C9H16N4O3S/c1-7(2)12-8(14)5-13(3)17(15,16)9-4-10-6-11-9/h4,6-7H,5H2,1-3H3,(H,10,11)(H,12,14). The molecule has 1 amide bonds. The van der Waals surface area contributed by atoms with E-state index in [1.54, 1.807) is 13.8 Å². The fourth-order valence-electron chi connectivity index (χ4n) is 1.21. The molecule has 0 aromatic carbocycles. The summed E-state index contributed by atoms with van der Waals surface area (Å²) in [4.78, 5) is 17.6. The zero-order chi connectivity index (χ0) is 13.1. The van der Waals surface area contributed by atoms with Gasteiger partial charge in [0.25, 0.3) is 10.0 Å². The van der Waals surface area contributed by atoms with Gasteiger partial charge in [-0.1, -0.05) is 0 Å². The lowest BCUT2D eigenvalue weighted by Crippen LogP contribution is -2.40. The highest BCUT2D eigenvalue weighted by molar-refractivity contribution is 7.89. The van der Waals surface area contributed by atoms with Crippen LogP contribution >= 0.6 is 0 Å². The Hall–Kier alpha value is -1.41. The fourth-order valence-corrected chi connectivity index (χ4v) is 2.23. The number of rotatable bonds is 5. The number of imidazole rings is 1. The number of carbonyl (C=O) groups is 1. The van der Waals surface area contributed by atoms with Gasteiger partial charge in [-0.2, -0.15) is 4.31 Å². The molecule has 0 saturated heterocycles. The maximum absolute atomic E-state index is 11.9. The van der Waals surface area contributed by atoms with Crippen LogP contribution in [0.15, 0.2) is 17.6 Å². The van der Waals surface area contributed by atoms with E-state index < -0.39 is 10.0 Å². The molecule has 0 fully saturated rings. The van der Waals surface area contributed by atoms with Crippen molar-refractivity contribution < 1.29 is 13.2 Å². The van der Waals surface area contributed by atoms with E-state index >= 15 is 0 Å². The first-order valence-electron chi connectivity index (χ1n) is 5.08. The molecule has 0 unspecified atom stereocenters. The summed E-state index contributed by atoms with van der Waals surface area (Å²) >= 11 is 0. The van der Waals surface area contributed by atoms with Crippen LogP contribution in [0, 0.1) is 0 Å². The predicted octanol–water partition coefficient (Wildman–Crippen LogP) is -0.445. The second-order valence-electron chi connectivity index (χ2n) is 3.90. The molecular weight excluding hydrogens is 244 g/mol. The van der Waals surface area contributed by atoms with Gasteiger partial charge in [0.05, 0.1) is 19.1 Å². The van der Waals surface area contributed by atoms with Crippen LogP contribution in [0.25, 0.3) is 0 Å². The minimum atomic E-state index is -3.67.